The van der Waals surface area contributed by atoms with E-state index in [1.54, 1.807) is 0 Å². The van der Waals surface area contributed by atoms with Crippen molar-refractivity contribution in [1.29, 1.82) is 0 Å². The maximum Gasteiger partial charge on any atom is 0.410 e. The maximum atomic E-state index is 12.4. The van der Waals surface area contributed by atoms with Crippen molar-refractivity contribution in [2.24, 2.45) is 0 Å². The summed E-state index contributed by atoms with van der Waals surface area (Å²) in [5.41, 5.74) is 4.72. The van der Waals surface area contributed by atoms with E-state index >= 15 is 0 Å². The van der Waals surface area contributed by atoms with Crippen LogP contribution in [0.2, 0.25) is 0 Å². The highest BCUT2D eigenvalue weighted by atomic mass is 35.5. The van der Waals surface area contributed by atoms with Gasteiger partial charge in [-0.2, -0.15) is 0 Å². The number of carbonyl (C=O) groups excluding carboxylic acids is 2. The van der Waals surface area contributed by atoms with Gasteiger partial charge in [0.05, 0.1) is 0 Å². The van der Waals surface area contributed by atoms with Crippen molar-refractivity contribution in [3.05, 3.63) is 59.7 Å². The van der Waals surface area contributed by atoms with Gasteiger partial charge in [0.2, 0.25) is 5.24 Å². The van der Waals surface area contributed by atoms with Crippen LogP contribution in [0.1, 0.15) is 29.9 Å². The lowest BCUT2D eigenvalue weighted by Gasteiger charge is -2.22. The highest BCUT2D eigenvalue weighted by molar-refractivity contribution is 6.64. The summed E-state index contributed by atoms with van der Waals surface area (Å²) in [5, 5.41) is -0.494. The number of rotatable bonds is 3. The number of hydrogen-bond acceptors (Lipinski definition) is 3. The third kappa shape index (κ3) is 2.81. The van der Waals surface area contributed by atoms with Crippen LogP contribution in [0.15, 0.2) is 48.5 Å². The molecule has 1 aliphatic carbocycles. The number of benzene rings is 2. The summed E-state index contributed by atoms with van der Waals surface area (Å²) in [6.07, 6.45) is 0.915. The lowest BCUT2D eigenvalue weighted by molar-refractivity contribution is -0.115. The zero-order valence-corrected chi connectivity index (χ0v) is 14.4. The van der Waals surface area contributed by atoms with Gasteiger partial charge in [-0.25, -0.2) is 4.79 Å². The van der Waals surface area contributed by atoms with Crippen LogP contribution in [-0.4, -0.2) is 35.4 Å². The molecular weight excluding hydrogens is 338 g/mol. The van der Waals surface area contributed by atoms with Crippen molar-refractivity contribution < 1.29 is 14.3 Å². The molecule has 4 nitrogen and oxygen atoms in total. The zero-order chi connectivity index (χ0) is 17.4. The number of likely N-dealkylation sites (tertiary alicyclic amines) is 1. The highest BCUT2D eigenvalue weighted by Gasteiger charge is 2.35. The number of ether oxygens (including phenoxy) is 1. The Labute approximate surface area is 151 Å². The summed E-state index contributed by atoms with van der Waals surface area (Å²) in [7, 11) is 0. The van der Waals surface area contributed by atoms with E-state index in [1.165, 1.54) is 27.2 Å². The second-order valence-electron chi connectivity index (χ2n) is 6.46. The molecule has 1 atom stereocenters. The Morgan fingerprint density at radius 2 is 1.64 bits per heavy atom. The molecule has 128 valence electrons. The van der Waals surface area contributed by atoms with Gasteiger partial charge in [0.15, 0.2) is 0 Å². The minimum absolute atomic E-state index is 0.0177. The molecular formula is C20H18ClNO3. The van der Waals surface area contributed by atoms with E-state index in [9.17, 15) is 9.59 Å². The van der Waals surface area contributed by atoms with Crippen molar-refractivity contribution in [1.82, 2.24) is 4.90 Å². The topological polar surface area (TPSA) is 46.6 Å². The molecule has 1 saturated heterocycles. The van der Waals surface area contributed by atoms with Crippen LogP contribution in [0.25, 0.3) is 11.1 Å². The molecule has 0 spiro atoms. The number of carbonyl (C=O) groups is 2. The number of halogens is 1. The lowest BCUT2D eigenvalue weighted by Crippen LogP contribution is -2.39. The van der Waals surface area contributed by atoms with Crippen LogP contribution in [0, 0.1) is 0 Å². The monoisotopic (exact) mass is 355 g/mol. The fourth-order valence-corrected chi connectivity index (χ4v) is 4.13. The summed E-state index contributed by atoms with van der Waals surface area (Å²) in [5.74, 6) is 0.0177. The maximum absolute atomic E-state index is 12.4. The fraction of sp³-hybridized carbons (Fsp3) is 0.300. The largest absolute Gasteiger partial charge is 0.448 e. The van der Waals surface area contributed by atoms with Gasteiger partial charge in [0, 0.05) is 12.5 Å². The molecule has 4 rings (SSSR count). The summed E-state index contributed by atoms with van der Waals surface area (Å²) in [6, 6.07) is 15.8. The fourth-order valence-electron chi connectivity index (χ4n) is 3.90. The summed E-state index contributed by atoms with van der Waals surface area (Å²) >= 11 is 5.60. The van der Waals surface area contributed by atoms with Gasteiger partial charge in [-0.05, 0) is 46.7 Å². The van der Waals surface area contributed by atoms with E-state index in [0.717, 1.165) is 6.42 Å². The minimum Gasteiger partial charge on any atom is -0.448 e. The molecule has 2 aromatic rings. The first kappa shape index (κ1) is 16.2. The molecule has 1 fully saturated rings. The molecule has 0 N–H and O–H groups in total. The molecule has 1 aliphatic heterocycles. The number of nitrogens with zero attached hydrogens (tertiary/aromatic N) is 1. The van der Waals surface area contributed by atoms with Gasteiger partial charge in [-0.1, -0.05) is 48.5 Å². The minimum atomic E-state index is -0.558. The number of hydrogen-bond donors (Lipinski definition) is 0. The molecule has 0 saturated carbocycles. The second-order valence-corrected chi connectivity index (χ2v) is 6.83. The van der Waals surface area contributed by atoms with Crippen LogP contribution in [-0.2, 0) is 9.53 Å². The van der Waals surface area contributed by atoms with E-state index < -0.39 is 17.4 Å². The van der Waals surface area contributed by atoms with E-state index in [0.29, 0.717) is 13.0 Å². The SMILES string of the molecule is O=C(Cl)[C@@H]1CCCN1C(=O)OCC1c2ccccc2-c2ccccc21. The molecule has 25 heavy (non-hydrogen) atoms. The molecule has 1 amide bonds. The lowest BCUT2D eigenvalue weighted by atomic mass is 9.98. The van der Waals surface area contributed by atoms with E-state index in [1.807, 2.05) is 24.3 Å². The van der Waals surface area contributed by atoms with Crippen LogP contribution >= 0.6 is 11.6 Å². The number of amides is 1. The smallest absolute Gasteiger partial charge is 0.410 e. The Hall–Kier alpha value is -2.33. The first-order chi connectivity index (χ1) is 12.2. The average molecular weight is 356 g/mol. The molecule has 1 heterocycles. The van der Waals surface area contributed by atoms with E-state index in [4.69, 9.17) is 16.3 Å². The third-order valence-electron chi connectivity index (χ3n) is 5.09. The van der Waals surface area contributed by atoms with Crippen molar-refractivity contribution >= 4 is 22.9 Å². The molecule has 2 aromatic carbocycles. The Morgan fingerprint density at radius 3 is 2.24 bits per heavy atom. The first-order valence-corrected chi connectivity index (χ1v) is 8.85. The molecule has 0 bridgehead atoms. The predicted octanol–water partition coefficient (Wildman–Crippen LogP) is 4.17. The Bertz CT molecular complexity index is 790. The second kappa shape index (κ2) is 6.52. The molecule has 0 unspecified atom stereocenters. The first-order valence-electron chi connectivity index (χ1n) is 8.48. The Balaban J connectivity index is 1.53. The van der Waals surface area contributed by atoms with Gasteiger partial charge >= 0.3 is 6.09 Å². The van der Waals surface area contributed by atoms with Crippen molar-refractivity contribution in [2.75, 3.05) is 13.2 Å². The van der Waals surface area contributed by atoms with Gasteiger partial charge < -0.3 is 4.74 Å². The van der Waals surface area contributed by atoms with Crippen molar-refractivity contribution in [3.8, 4) is 11.1 Å². The Kier molecular flexibility index (Phi) is 4.22. The molecule has 0 radical (unpaired) electrons. The summed E-state index contributed by atoms with van der Waals surface area (Å²) < 4.78 is 5.58. The molecule has 0 aromatic heterocycles. The zero-order valence-electron chi connectivity index (χ0n) is 13.7. The van der Waals surface area contributed by atoms with Crippen LogP contribution < -0.4 is 0 Å². The van der Waals surface area contributed by atoms with Crippen molar-refractivity contribution in [2.45, 2.75) is 24.8 Å². The van der Waals surface area contributed by atoms with Crippen LogP contribution in [0.5, 0.6) is 0 Å². The summed E-state index contributed by atoms with van der Waals surface area (Å²) in [4.78, 5) is 25.3. The predicted molar refractivity (Wildman–Crippen MR) is 95.7 cm³/mol. The van der Waals surface area contributed by atoms with E-state index in [2.05, 4.69) is 24.3 Å². The van der Waals surface area contributed by atoms with Gasteiger partial charge in [-0.3, -0.25) is 9.69 Å². The highest BCUT2D eigenvalue weighted by Crippen LogP contribution is 2.44. The van der Waals surface area contributed by atoms with Gasteiger partial charge in [0.25, 0.3) is 0 Å². The van der Waals surface area contributed by atoms with Gasteiger partial charge in [0.1, 0.15) is 12.6 Å². The molecule has 2 aliphatic rings. The van der Waals surface area contributed by atoms with E-state index in [-0.39, 0.29) is 12.5 Å². The standard InChI is InChI=1S/C20H18ClNO3/c21-19(23)18-10-5-11-22(18)20(24)25-12-17-15-8-3-1-6-13(15)14-7-2-4-9-16(14)17/h1-4,6-9,17-18H,5,10-12H2/t18-/m0/s1. The van der Waals surface area contributed by atoms with Crippen LogP contribution in [0.3, 0.4) is 0 Å². The van der Waals surface area contributed by atoms with Crippen molar-refractivity contribution in [3.63, 3.8) is 0 Å². The average Bonchev–Trinajstić information content (AvgIpc) is 3.23. The van der Waals surface area contributed by atoms with Crippen LogP contribution in [0.4, 0.5) is 4.79 Å². The quantitative estimate of drug-likeness (QED) is 0.776. The Morgan fingerprint density at radius 1 is 1.04 bits per heavy atom. The molecule has 5 heteroatoms. The normalized spacial score (nSPS) is 18.8. The third-order valence-corrected chi connectivity index (χ3v) is 5.34. The summed E-state index contributed by atoms with van der Waals surface area (Å²) in [6.45, 7) is 0.770. The van der Waals surface area contributed by atoms with Gasteiger partial charge in [-0.15, -0.1) is 0 Å². The number of fused-ring (bicyclic) bond motifs is 3.